The number of carbonyl (C=O) groups is 1. The Labute approximate surface area is 126 Å². The van der Waals surface area contributed by atoms with Crippen LogP contribution in [0.4, 0.5) is 0 Å². The summed E-state index contributed by atoms with van der Waals surface area (Å²) in [6.07, 6.45) is -4.35. The van der Waals surface area contributed by atoms with E-state index in [-0.39, 0.29) is 24.1 Å². The molecular weight excluding hydrogens is 294 g/mol. The summed E-state index contributed by atoms with van der Waals surface area (Å²) in [6, 6.07) is 0. The van der Waals surface area contributed by atoms with Crippen molar-refractivity contribution in [3.63, 3.8) is 0 Å². The van der Waals surface area contributed by atoms with E-state index in [0.29, 0.717) is 0 Å². The van der Waals surface area contributed by atoms with E-state index in [1.54, 1.807) is 6.92 Å². The average molecular weight is 313 g/mol. The summed E-state index contributed by atoms with van der Waals surface area (Å²) < 4.78 is 5.45. The smallest absolute Gasteiger partial charge is 0.278 e. The van der Waals surface area contributed by atoms with Gasteiger partial charge in [0.15, 0.2) is 23.6 Å². The van der Waals surface area contributed by atoms with Crippen LogP contribution >= 0.6 is 0 Å². The number of hydrogen-bond acceptors (Lipinski definition) is 9. The highest BCUT2D eigenvalue weighted by atomic mass is 16.6. The van der Waals surface area contributed by atoms with Gasteiger partial charge in [0.05, 0.1) is 6.61 Å². The molecule has 0 aromatic heterocycles. The second-order valence-corrected chi connectivity index (χ2v) is 5.74. The Balaban J connectivity index is 1.91. The first kappa shape index (κ1) is 15.3. The van der Waals surface area contributed by atoms with Gasteiger partial charge in [0, 0.05) is 7.05 Å². The van der Waals surface area contributed by atoms with Crippen LogP contribution < -0.4 is 5.73 Å². The summed E-state index contributed by atoms with van der Waals surface area (Å²) in [5.41, 5.74) is 6.13. The van der Waals surface area contributed by atoms with Crippen molar-refractivity contribution >= 4 is 17.5 Å². The lowest BCUT2D eigenvalue weighted by Gasteiger charge is -2.38. The Hall–Kier alpha value is -1.59. The maximum atomic E-state index is 12.3. The van der Waals surface area contributed by atoms with E-state index in [2.05, 4.69) is 9.98 Å². The zero-order chi connectivity index (χ0) is 16.2. The van der Waals surface area contributed by atoms with Gasteiger partial charge in [-0.25, -0.2) is 4.99 Å². The number of aliphatic imine (C=N–C) groups is 2. The number of hydrogen-bond donors (Lipinski definition) is 4. The van der Waals surface area contributed by atoms with Gasteiger partial charge >= 0.3 is 0 Å². The number of carbonyl (C=O) groups excluding carboxylic acids is 1. The average Bonchev–Trinajstić information content (AvgIpc) is 2.99. The normalized spacial score (nSPS) is 41.6. The number of amidine groups is 1. The second-order valence-electron chi connectivity index (χ2n) is 5.74. The van der Waals surface area contributed by atoms with Crippen LogP contribution in [-0.4, -0.2) is 93.2 Å². The molecule has 0 aliphatic carbocycles. The lowest BCUT2D eigenvalue weighted by molar-refractivity contribution is -0.127. The van der Waals surface area contributed by atoms with Crippen LogP contribution in [0.3, 0.4) is 0 Å². The van der Waals surface area contributed by atoms with Crippen molar-refractivity contribution in [2.24, 2.45) is 15.7 Å². The van der Waals surface area contributed by atoms with E-state index in [0.717, 1.165) is 0 Å². The minimum Gasteiger partial charge on any atom is -0.394 e. The minimum atomic E-state index is -1.26. The largest absolute Gasteiger partial charge is 0.394 e. The van der Waals surface area contributed by atoms with E-state index >= 15 is 0 Å². The van der Waals surface area contributed by atoms with E-state index < -0.39 is 36.9 Å². The Kier molecular flexibility index (Phi) is 3.45. The molecule has 1 unspecified atom stereocenters. The Morgan fingerprint density at radius 3 is 2.73 bits per heavy atom. The van der Waals surface area contributed by atoms with Crippen molar-refractivity contribution in [2.45, 2.75) is 37.3 Å². The number of fused-ring (bicyclic) bond motifs is 1. The van der Waals surface area contributed by atoms with Gasteiger partial charge in [-0.05, 0) is 6.92 Å². The molecule has 1 saturated heterocycles. The quantitative estimate of drug-likeness (QED) is 0.417. The van der Waals surface area contributed by atoms with Gasteiger partial charge in [-0.15, -0.1) is 0 Å². The summed E-state index contributed by atoms with van der Waals surface area (Å²) in [5, 5.41) is 29.1. The summed E-state index contributed by atoms with van der Waals surface area (Å²) in [7, 11) is 1.53. The number of amides is 1. The number of nitrogens with two attached hydrogens (primary N) is 1. The predicted octanol–water partition coefficient (Wildman–Crippen LogP) is -3.36. The highest BCUT2D eigenvalue weighted by molar-refractivity contribution is 6.67. The molecule has 0 bridgehead atoms. The summed E-state index contributed by atoms with van der Waals surface area (Å²) in [6.45, 7) is 1.19. The zero-order valence-corrected chi connectivity index (χ0v) is 12.2. The summed E-state index contributed by atoms with van der Waals surface area (Å²) >= 11 is 0. The predicted molar refractivity (Wildman–Crippen MR) is 74.7 cm³/mol. The van der Waals surface area contributed by atoms with Crippen molar-refractivity contribution in [3.8, 4) is 0 Å². The maximum absolute atomic E-state index is 12.3. The third-order valence-corrected chi connectivity index (χ3v) is 4.21. The van der Waals surface area contributed by atoms with E-state index in [4.69, 9.17) is 15.6 Å². The highest BCUT2D eigenvalue weighted by Gasteiger charge is 2.50. The van der Waals surface area contributed by atoms with Crippen LogP contribution in [0, 0.1) is 0 Å². The molecule has 5 atom stereocenters. The molecule has 3 aliphatic rings. The first-order chi connectivity index (χ1) is 10.3. The summed E-state index contributed by atoms with van der Waals surface area (Å²) in [5.74, 6) is -1.39. The van der Waals surface area contributed by atoms with Gasteiger partial charge in [-0.2, -0.15) is 0 Å². The maximum Gasteiger partial charge on any atom is 0.278 e. The van der Waals surface area contributed by atoms with Crippen LogP contribution in [-0.2, 0) is 9.53 Å². The van der Waals surface area contributed by atoms with Gasteiger partial charge in [-0.1, -0.05) is 0 Å². The van der Waals surface area contributed by atoms with Gasteiger partial charge in [0.25, 0.3) is 5.91 Å². The van der Waals surface area contributed by atoms with Gasteiger partial charge < -0.3 is 29.9 Å². The number of aliphatic hydroxyl groups is 3. The monoisotopic (exact) mass is 313 g/mol. The van der Waals surface area contributed by atoms with E-state index in [1.165, 1.54) is 16.8 Å². The number of rotatable bonds is 2. The lowest BCUT2D eigenvalue weighted by Crippen LogP contribution is -2.62. The highest BCUT2D eigenvalue weighted by Crippen LogP contribution is 2.29. The Morgan fingerprint density at radius 1 is 1.45 bits per heavy atom. The fourth-order valence-electron chi connectivity index (χ4n) is 2.69. The van der Waals surface area contributed by atoms with Crippen molar-refractivity contribution in [3.05, 3.63) is 0 Å². The lowest BCUT2D eigenvalue weighted by atomic mass is 10.1. The first-order valence-corrected chi connectivity index (χ1v) is 6.88. The fraction of sp³-hybridized carbons (Fsp3) is 0.750. The third kappa shape index (κ3) is 2.03. The molecule has 22 heavy (non-hydrogen) atoms. The van der Waals surface area contributed by atoms with Crippen molar-refractivity contribution in [1.82, 2.24) is 9.80 Å². The molecule has 0 aromatic carbocycles. The molecule has 0 aromatic rings. The minimum absolute atomic E-state index is 0.0520. The molecule has 3 rings (SSSR count). The topological polar surface area (TPSA) is 144 Å². The molecule has 0 saturated carbocycles. The van der Waals surface area contributed by atoms with Gasteiger partial charge in [-0.3, -0.25) is 15.5 Å². The first-order valence-electron chi connectivity index (χ1n) is 6.88. The molecule has 3 heterocycles. The standard InChI is InChI=1S/C12H19N5O5/c1-12(13)15-9-6(10(21)16(12)2)14-4-17(9)11-8(20)7(19)5(3-18)22-11/h5,7-8,11,18-20H,3-4,13H2,1-2H3/t5-,7-,8-,11-,12?/m1/s1. The molecule has 1 fully saturated rings. The number of aliphatic hydroxyl groups excluding tert-OH is 3. The number of ether oxygens (including phenoxy) is 1. The fourth-order valence-corrected chi connectivity index (χ4v) is 2.69. The molecule has 0 spiro atoms. The van der Waals surface area contributed by atoms with E-state index in [1.807, 2.05) is 0 Å². The molecular formula is C12H19N5O5. The molecule has 10 nitrogen and oxygen atoms in total. The zero-order valence-electron chi connectivity index (χ0n) is 12.2. The molecule has 1 amide bonds. The molecule has 5 N–H and O–H groups in total. The SMILES string of the molecule is CN1C(=O)C2=NCN([C@@H]3O[C@H](CO)[C@@H](O)[C@H]3O)C2=NC1(C)N. The number of nitrogens with zero attached hydrogens (tertiary/aromatic N) is 4. The van der Waals surface area contributed by atoms with Crippen LogP contribution in [0.15, 0.2) is 9.98 Å². The van der Waals surface area contributed by atoms with Crippen molar-refractivity contribution in [1.29, 1.82) is 0 Å². The third-order valence-electron chi connectivity index (χ3n) is 4.21. The second kappa shape index (κ2) is 4.96. The van der Waals surface area contributed by atoms with Crippen LogP contribution in [0.1, 0.15) is 6.92 Å². The van der Waals surface area contributed by atoms with Crippen molar-refractivity contribution < 1.29 is 24.9 Å². The molecule has 122 valence electrons. The van der Waals surface area contributed by atoms with Crippen LogP contribution in [0.2, 0.25) is 0 Å². The Morgan fingerprint density at radius 2 is 2.14 bits per heavy atom. The Bertz CT molecular complexity index is 562. The summed E-state index contributed by atoms with van der Waals surface area (Å²) in [4.78, 5) is 23.4. The molecule has 0 radical (unpaired) electrons. The van der Waals surface area contributed by atoms with Crippen molar-refractivity contribution in [2.75, 3.05) is 20.3 Å². The molecule has 3 aliphatic heterocycles. The van der Waals surface area contributed by atoms with Gasteiger partial charge in [0.2, 0.25) is 0 Å². The van der Waals surface area contributed by atoms with E-state index in [9.17, 15) is 15.0 Å². The van der Waals surface area contributed by atoms with Crippen LogP contribution in [0.25, 0.3) is 0 Å². The van der Waals surface area contributed by atoms with Crippen LogP contribution in [0.5, 0.6) is 0 Å². The molecule has 10 heteroatoms. The van der Waals surface area contributed by atoms with Gasteiger partial charge in [0.1, 0.15) is 25.0 Å².